The van der Waals surface area contributed by atoms with Gasteiger partial charge in [-0.05, 0) is 94.9 Å². The summed E-state index contributed by atoms with van der Waals surface area (Å²) < 4.78 is 6.64. The van der Waals surface area contributed by atoms with Crippen LogP contribution in [-0.4, -0.2) is 39.6 Å². The summed E-state index contributed by atoms with van der Waals surface area (Å²) in [7, 11) is 0. The fraction of sp³-hybridized carbons (Fsp3) is 0.111. The summed E-state index contributed by atoms with van der Waals surface area (Å²) in [5, 5.41) is 11.2. The maximum Gasteiger partial charge on any atom is 0.335 e. The molecule has 0 bridgehead atoms. The molecule has 37 heavy (non-hydrogen) atoms. The van der Waals surface area contributed by atoms with E-state index < -0.39 is 23.0 Å². The van der Waals surface area contributed by atoms with Gasteiger partial charge >= 0.3 is 5.97 Å². The lowest BCUT2D eigenvalue weighted by molar-refractivity contribution is -0.127. The zero-order valence-corrected chi connectivity index (χ0v) is 22.5. The molecule has 0 radical (unpaired) electrons. The Morgan fingerprint density at radius 1 is 1.05 bits per heavy atom. The van der Waals surface area contributed by atoms with Gasteiger partial charge in [-0.3, -0.25) is 19.3 Å². The average molecular weight is 628 g/mol. The fourth-order valence-corrected chi connectivity index (χ4v) is 4.93. The second-order valence-electron chi connectivity index (χ2n) is 8.16. The number of ether oxygens (including phenoxy) is 1. The van der Waals surface area contributed by atoms with Crippen LogP contribution in [0, 0.1) is 10.5 Å². The Kier molecular flexibility index (Phi) is 8.29. The van der Waals surface area contributed by atoms with Crippen LogP contribution in [0.25, 0.3) is 6.08 Å². The third kappa shape index (κ3) is 6.77. The second kappa shape index (κ2) is 11.6. The Morgan fingerprint density at radius 3 is 2.41 bits per heavy atom. The largest absolute Gasteiger partial charge is 0.488 e. The highest BCUT2D eigenvalue weighted by Gasteiger charge is 2.36. The van der Waals surface area contributed by atoms with Gasteiger partial charge in [0.15, 0.2) is 0 Å². The summed E-state index contributed by atoms with van der Waals surface area (Å²) in [6.07, 6.45) is 1.61. The lowest BCUT2D eigenvalue weighted by Crippen LogP contribution is -2.36. The molecule has 3 amide bonds. The number of carboxylic acids is 1. The number of aromatic carboxylic acids is 1. The number of carbonyl (C=O) groups excluding carboxylic acids is 3. The van der Waals surface area contributed by atoms with Crippen molar-refractivity contribution in [2.45, 2.75) is 13.5 Å². The van der Waals surface area contributed by atoms with E-state index in [1.165, 1.54) is 12.1 Å². The van der Waals surface area contributed by atoms with Gasteiger partial charge in [-0.1, -0.05) is 35.9 Å². The number of anilines is 1. The van der Waals surface area contributed by atoms with Crippen molar-refractivity contribution in [2.75, 3.05) is 11.9 Å². The summed E-state index contributed by atoms with van der Waals surface area (Å²) in [6, 6.07) is 19.0. The molecule has 1 aliphatic rings. The van der Waals surface area contributed by atoms with Gasteiger partial charge in [-0.25, -0.2) is 4.79 Å². The minimum atomic E-state index is -0.985. The van der Waals surface area contributed by atoms with E-state index in [1.54, 1.807) is 42.5 Å². The Labute approximate surface area is 230 Å². The number of amides is 3. The summed E-state index contributed by atoms with van der Waals surface area (Å²) >= 11 is 2.91. The molecule has 3 aromatic rings. The average Bonchev–Trinajstić information content (AvgIpc) is 3.12. The first kappa shape index (κ1) is 26.4. The number of carboxylic acid groups (broad SMARTS) is 1. The van der Waals surface area contributed by atoms with Crippen LogP contribution >= 0.6 is 34.4 Å². The van der Waals surface area contributed by atoms with Gasteiger partial charge in [0.2, 0.25) is 5.91 Å². The molecular formula is C27H21IN2O6S. The molecule has 0 spiro atoms. The van der Waals surface area contributed by atoms with Crippen LogP contribution in [-0.2, 0) is 16.2 Å². The summed E-state index contributed by atoms with van der Waals surface area (Å²) in [4.78, 5) is 49.7. The van der Waals surface area contributed by atoms with E-state index in [0.29, 0.717) is 17.0 Å². The quantitative estimate of drug-likeness (QED) is 0.249. The van der Waals surface area contributed by atoms with Crippen molar-refractivity contribution in [1.82, 2.24) is 4.90 Å². The highest BCUT2D eigenvalue weighted by molar-refractivity contribution is 14.1. The second-order valence-corrected chi connectivity index (χ2v) is 10.3. The van der Waals surface area contributed by atoms with E-state index in [4.69, 9.17) is 9.84 Å². The van der Waals surface area contributed by atoms with E-state index in [0.717, 1.165) is 31.4 Å². The minimum Gasteiger partial charge on any atom is -0.488 e. The third-order valence-corrected chi connectivity index (χ3v) is 7.11. The highest BCUT2D eigenvalue weighted by atomic mass is 127. The number of hydrogen-bond donors (Lipinski definition) is 2. The zero-order valence-electron chi connectivity index (χ0n) is 19.6. The van der Waals surface area contributed by atoms with Crippen LogP contribution in [0.1, 0.15) is 27.0 Å². The van der Waals surface area contributed by atoms with Crippen molar-refractivity contribution in [3.05, 3.63) is 97.5 Å². The molecule has 1 saturated heterocycles. The number of carbonyl (C=O) groups is 4. The van der Waals surface area contributed by atoms with E-state index >= 15 is 0 Å². The predicted molar refractivity (Wildman–Crippen MR) is 149 cm³/mol. The molecule has 1 heterocycles. The van der Waals surface area contributed by atoms with Crippen LogP contribution < -0.4 is 10.1 Å². The molecule has 1 aliphatic heterocycles. The third-order valence-electron chi connectivity index (χ3n) is 5.36. The lowest BCUT2D eigenvalue weighted by atomic mass is 10.1. The number of imide groups is 1. The summed E-state index contributed by atoms with van der Waals surface area (Å²) in [6.45, 7) is 1.83. The van der Waals surface area contributed by atoms with Crippen LogP contribution in [0.15, 0.2) is 71.6 Å². The van der Waals surface area contributed by atoms with Gasteiger partial charge in [0.05, 0.1) is 14.0 Å². The Hall–Kier alpha value is -3.64. The molecule has 0 saturated carbocycles. The van der Waals surface area contributed by atoms with E-state index in [9.17, 15) is 19.2 Å². The first-order chi connectivity index (χ1) is 17.7. The summed E-state index contributed by atoms with van der Waals surface area (Å²) in [5.41, 5.74) is 3.38. The molecule has 188 valence electrons. The standard InChI is InChI=1S/C27H21IN2O6S/c1-16-2-9-20(10-3-16)29-24(31)14-30-25(32)23(37-27(30)35)13-18-6-11-22(21(28)12-18)36-15-17-4-7-19(8-5-17)26(33)34/h2-13H,14-15H2,1H3,(H,29,31)(H,33,34)/b23-13+. The molecule has 1 fully saturated rings. The van der Waals surface area contributed by atoms with Crippen molar-refractivity contribution in [1.29, 1.82) is 0 Å². The number of benzene rings is 3. The van der Waals surface area contributed by atoms with E-state index in [1.807, 2.05) is 25.1 Å². The molecule has 3 aromatic carbocycles. The molecule has 0 atom stereocenters. The van der Waals surface area contributed by atoms with Crippen LogP contribution in [0.5, 0.6) is 5.75 Å². The monoisotopic (exact) mass is 628 g/mol. The molecule has 0 unspecified atom stereocenters. The van der Waals surface area contributed by atoms with Crippen molar-refractivity contribution >= 4 is 69.1 Å². The maximum absolute atomic E-state index is 12.8. The SMILES string of the molecule is Cc1ccc(NC(=O)CN2C(=O)S/C(=C/c3ccc(OCc4ccc(C(=O)O)cc4)c(I)c3)C2=O)cc1. The molecule has 8 nitrogen and oxygen atoms in total. The van der Waals surface area contributed by atoms with Crippen LogP contribution in [0.3, 0.4) is 0 Å². The summed E-state index contributed by atoms with van der Waals surface area (Å²) in [5.74, 6) is -1.34. The van der Waals surface area contributed by atoms with Gasteiger partial charge in [-0.15, -0.1) is 0 Å². The Bertz CT molecular complexity index is 1400. The number of rotatable bonds is 8. The Balaban J connectivity index is 1.37. The number of halogens is 1. The van der Waals surface area contributed by atoms with Gasteiger partial charge in [0.25, 0.3) is 11.1 Å². The minimum absolute atomic E-state index is 0.207. The maximum atomic E-state index is 12.8. The van der Waals surface area contributed by atoms with Gasteiger partial charge < -0.3 is 15.2 Å². The highest BCUT2D eigenvalue weighted by Crippen LogP contribution is 2.33. The number of thioether (sulfide) groups is 1. The topological polar surface area (TPSA) is 113 Å². The van der Waals surface area contributed by atoms with Crippen LogP contribution in [0.4, 0.5) is 10.5 Å². The first-order valence-electron chi connectivity index (χ1n) is 11.1. The number of aryl methyl sites for hydroxylation is 1. The van der Waals surface area contributed by atoms with Gasteiger partial charge in [0, 0.05) is 5.69 Å². The van der Waals surface area contributed by atoms with Crippen LogP contribution in [0.2, 0.25) is 0 Å². The van der Waals surface area contributed by atoms with Crippen molar-refractivity contribution in [2.24, 2.45) is 0 Å². The number of hydrogen-bond acceptors (Lipinski definition) is 6. The number of nitrogens with one attached hydrogen (secondary N) is 1. The fourth-order valence-electron chi connectivity index (χ4n) is 3.40. The Morgan fingerprint density at radius 2 is 1.76 bits per heavy atom. The lowest BCUT2D eigenvalue weighted by Gasteiger charge is -2.12. The predicted octanol–water partition coefficient (Wildman–Crippen LogP) is 5.55. The smallest absolute Gasteiger partial charge is 0.335 e. The van der Waals surface area contributed by atoms with Crippen molar-refractivity contribution < 1.29 is 29.0 Å². The number of nitrogens with zero attached hydrogens (tertiary/aromatic N) is 1. The van der Waals surface area contributed by atoms with Gasteiger partial charge in [-0.2, -0.15) is 0 Å². The van der Waals surface area contributed by atoms with Crippen molar-refractivity contribution in [3.8, 4) is 5.75 Å². The molecule has 4 rings (SSSR count). The van der Waals surface area contributed by atoms with Gasteiger partial charge in [0.1, 0.15) is 18.9 Å². The van der Waals surface area contributed by atoms with E-state index in [-0.39, 0.29) is 23.6 Å². The molecule has 0 aliphatic carbocycles. The molecule has 10 heteroatoms. The zero-order chi connectivity index (χ0) is 26.5. The van der Waals surface area contributed by atoms with E-state index in [2.05, 4.69) is 27.9 Å². The van der Waals surface area contributed by atoms with Crippen molar-refractivity contribution in [3.63, 3.8) is 0 Å². The molecular weight excluding hydrogens is 607 g/mol. The molecule has 0 aromatic heterocycles. The normalized spacial score (nSPS) is 14.2. The first-order valence-corrected chi connectivity index (χ1v) is 13.0. The molecule has 2 N–H and O–H groups in total.